The fourth-order valence-electron chi connectivity index (χ4n) is 2.59. The highest BCUT2D eigenvalue weighted by molar-refractivity contribution is 8.18. The molecule has 148 valence electrons. The van der Waals surface area contributed by atoms with Gasteiger partial charge in [0.25, 0.3) is 11.1 Å². The first-order valence-corrected chi connectivity index (χ1v) is 9.13. The Morgan fingerprint density at radius 3 is 2.62 bits per heavy atom. The molecule has 2 aromatic rings. The van der Waals surface area contributed by atoms with Crippen LogP contribution in [-0.4, -0.2) is 40.5 Å². The van der Waals surface area contributed by atoms with Gasteiger partial charge in [-0.1, -0.05) is 24.3 Å². The molecule has 1 fully saturated rings. The minimum absolute atomic E-state index is 0.0713. The lowest BCUT2D eigenvalue weighted by Gasteiger charge is -2.12. The Morgan fingerprint density at radius 2 is 1.97 bits per heavy atom. The van der Waals surface area contributed by atoms with E-state index in [9.17, 15) is 24.5 Å². The van der Waals surface area contributed by atoms with Crippen LogP contribution in [0.4, 0.5) is 16.2 Å². The molecule has 1 heterocycles. The van der Waals surface area contributed by atoms with E-state index in [0.717, 1.165) is 4.90 Å². The summed E-state index contributed by atoms with van der Waals surface area (Å²) < 4.78 is 4.94. The first-order chi connectivity index (χ1) is 13.9. The molecule has 0 unspecified atom stereocenters. The van der Waals surface area contributed by atoms with E-state index in [-0.39, 0.29) is 16.3 Å². The van der Waals surface area contributed by atoms with Crippen LogP contribution >= 0.6 is 11.8 Å². The van der Waals surface area contributed by atoms with E-state index in [1.54, 1.807) is 30.3 Å². The quantitative estimate of drug-likeness (QED) is 0.438. The zero-order valence-corrected chi connectivity index (χ0v) is 16.0. The van der Waals surface area contributed by atoms with Gasteiger partial charge in [0.2, 0.25) is 5.91 Å². The summed E-state index contributed by atoms with van der Waals surface area (Å²) in [6.07, 6.45) is 1.37. The molecule has 9 nitrogen and oxygen atoms in total. The molecule has 1 saturated heterocycles. The molecule has 3 amide bonds. The van der Waals surface area contributed by atoms with Gasteiger partial charge in [-0.15, -0.1) is 0 Å². The van der Waals surface area contributed by atoms with Crippen LogP contribution in [0.2, 0.25) is 0 Å². The van der Waals surface area contributed by atoms with Crippen LogP contribution < -0.4 is 10.1 Å². The normalized spacial score (nSPS) is 14.9. The fourth-order valence-corrected chi connectivity index (χ4v) is 3.43. The van der Waals surface area contributed by atoms with E-state index >= 15 is 0 Å². The standard InChI is InChI=1S/C19H15N3O6S/c1-28-15-8-7-12(9-14(15)22(26)27)10-16-18(24)21(19(25)29-16)11-17(23)20-13-5-3-2-4-6-13/h2-10H,11H2,1H3,(H,20,23)/b16-10+. The number of nitrogens with one attached hydrogen (secondary N) is 1. The minimum Gasteiger partial charge on any atom is -0.490 e. The molecule has 1 N–H and O–H groups in total. The average Bonchev–Trinajstić information content (AvgIpc) is 2.96. The number of carbonyl (C=O) groups excluding carboxylic acids is 3. The monoisotopic (exact) mass is 413 g/mol. The number of para-hydroxylation sites is 1. The third kappa shape index (κ3) is 4.61. The van der Waals surface area contributed by atoms with Gasteiger partial charge in [0.1, 0.15) is 6.54 Å². The predicted molar refractivity (Wildman–Crippen MR) is 107 cm³/mol. The maximum Gasteiger partial charge on any atom is 0.311 e. The molecule has 29 heavy (non-hydrogen) atoms. The second-order valence-corrected chi connectivity index (χ2v) is 6.86. The third-order valence-corrected chi connectivity index (χ3v) is 4.84. The van der Waals surface area contributed by atoms with Gasteiger partial charge in [0.15, 0.2) is 5.75 Å². The number of nitro groups is 1. The number of hydrogen-bond acceptors (Lipinski definition) is 7. The number of nitro benzene ring substituents is 1. The van der Waals surface area contributed by atoms with Gasteiger partial charge in [0, 0.05) is 11.8 Å². The van der Waals surface area contributed by atoms with Crippen LogP contribution in [0, 0.1) is 10.1 Å². The Hall–Kier alpha value is -3.66. The maximum absolute atomic E-state index is 12.5. The Bertz CT molecular complexity index is 1020. The lowest BCUT2D eigenvalue weighted by atomic mass is 10.1. The molecule has 3 rings (SSSR count). The van der Waals surface area contributed by atoms with Crippen molar-refractivity contribution in [1.82, 2.24) is 4.90 Å². The highest BCUT2D eigenvalue weighted by atomic mass is 32.2. The summed E-state index contributed by atoms with van der Waals surface area (Å²) in [5, 5.41) is 13.1. The van der Waals surface area contributed by atoms with Crippen LogP contribution in [0.15, 0.2) is 53.4 Å². The second-order valence-electron chi connectivity index (χ2n) is 5.87. The highest BCUT2D eigenvalue weighted by Crippen LogP contribution is 2.34. The molecule has 10 heteroatoms. The number of benzene rings is 2. The Kier molecular flexibility index (Phi) is 5.93. The van der Waals surface area contributed by atoms with Crippen molar-refractivity contribution in [2.75, 3.05) is 19.0 Å². The van der Waals surface area contributed by atoms with Crippen molar-refractivity contribution in [1.29, 1.82) is 0 Å². The van der Waals surface area contributed by atoms with E-state index in [1.807, 2.05) is 0 Å². The molecule has 0 radical (unpaired) electrons. The zero-order chi connectivity index (χ0) is 21.0. The Morgan fingerprint density at radius 1 is 1.24 bits per heavy atom. The second kappa shape index (κ2) is 8.57. The molecular weight excluding hydrogens is 398 g/mol. The van der Waals surface area contributed by atoms with Gasteiger partial charge in [-0.3, -0.25) is 29.4 Å². The van der Waals surface area contributed by atoms with Crippen molar-refractivity contribution in [3.63, 3.8) is 0 Å². The summed E-state index contributed by atoms with van der Waals surface area (Å²) in [5.74, 6) is -1.07. The highest BCUT2D eigenvalue weighted by Gasteiger charge is 2.36. The van der Waals surface area contributed by atoms with Gasteiger partial charge >= 0.3 is 5.69 Å². The molecule has 2 aromatic carbocycles. The van der Waals surface area contributed by atoms with E-state index in [1.165, 1.54) is 31.4 Å². The largest absolute Gasteiger partial charge is 0.490 e. The number of hydrogen-bond donors (Lipinski definition) is 1. The summed E-state index contributed by atoms with van der Waals surface area (Å²) in [6, 6.07) is 12.8. The van der Waals surface area contributed by atoms with Gasteiger partial charge < -0.3 is 10.1 Å². The number of methoxy groups -OCH3 is 1. The van der Waals surface area contributed by atoms with E-state index in [4.69, 9.17) is 4.74 Å². The number of rotatable bonds is 6. The molecule has 0 atom stereocenters. The summed E-state index contributed by atoms with van der Waals surface area (Å²) in [4.78, 5) is 48.3. The van der Waals surface area contributed by atoms with Crippen LogP contribution in [0.25, 0.3) is 6.08 Å². The first-order valence-electron chi connectivity index (χ1n) is 8.31. The number of thioether (sulfide) groups is 1. The first kappa shape index (κ1) is 20.1. The Balaban J connectivity index is 1.75. The molecule has 0 saturated carbocycles. The summed E-state index contributed by atoms with van der Waals surface area (Å²) in [6.45, 7) is -0.431. The van der Waals surface area contributed by atoms with Crippen molar-refractivity contribution in [3.8, 4) is 5.75 Å². The topological polar surface area (TPSA) is 119 Å². The van der Waals surface area contributed by atoms with E-state index in [2.05, 4.69) is 5.32 Å². The van der Waals surface area contributed by atoms with Crippen LogP contribution in [0.1, 0.15) is 5.56 Å². The van der Waals surface area contributed by atoms with Crippen LogP contribution in [0.5, 0.6) is 5.75 Å². The smallest absolute Gasteiger partial charge is 0.311 e. The summed E-state index contributed by atoms with van der Waals surface area (Å²) in [5.41, 5.74) is 0.644. The molecule has 1 aliphatic heterocycles. The number of anilines is 1. The van der Waals surface area contributed by atoms with Crippen molar-refractivity contribution >= 4 is 46.3 Å². The lowest BCUT2D eigenvalue weighted by molar-refractivity contribution is -0.385. The fraction of sp³-hybridized carbons (Fsp3) is 0.105. The van der Waals surface area contributed by atoms with Crippen LogP contribution in [0.3, 0.4) is 0 Å². The lowest BCUT2D eigenvalue weighted by Crippen LogP contribution is -2.36. The average molecular weight is 413 g/mol. The number of ether oxygens (including phenoxy) is 1. The predicted octanol–water partition coefficient (Wildman–Crippen LogP) is 3.28. The maximum atomic E-state index is 12.5. The van der Waals surface area contributed by atoms with Crippen LogP contribution in [-0.2, 0) is 9.59 Å². The van der Waals surface area contributed by atoms with E-state index in [0.29, 0.717) is 23.0 Å². The molecular formula is C19H15N3O6S. The van der Waals surface area contributed by atoms with Crippen molar-refractivity contribution in [3.05, 3.63) is 69.1 Å². The van der Waals surface area contributed by atoms with Gasteiger partial charge in [-0.2, -0.15) is 0 Å². The summed E-state index contributed by atoms with van der Waals surface area (Å²) >= 11 is 0.667. The van der Waals surface area contributed by atoms with Gasteiger partial charge in [-0.05, 0) is 41.6 Å². The van der Waals surface area contributed by atoms with Crippen molar-refractivity contribution in [2.24, 2.45) is 0 Å². The number of imide groups is 1. The zero-order valence-electron chi connectivity index (χ0n) is 15.2. The number of carbonyl (C=O) groups is 3. The van der Waals surface area contributed by atoms with E-state index < -0.39 is 28.5 Å². The van der Waals surface area contributed by atoms with Crippen molar-refractivity contribution < 1.29 is 24.0 Å². The molecule has 0 spiro atoms. The minimum atomic E-state index is -0.637. The molecule has 1 aliphatic rings. The number of nitrogens with zero attached hydrogens (tertiary/aromatic N) is 2. The molecule has 0 aliphatic carbocycles. The molecule has 0 aromatic heterocycles. The SMILES string of the molecule is COc1ccc(/C=C2/SC(=O)N(CC(=O)Nc3ccccc3)C2=O)cc1[N+](=O)[O-]. The Labute approximate surface area is 169 Å². The molecule has 0 bridgehead atoms. The third-order valence-electron chi connectivity index (χ3n) is 3.93. The van der Waals surface area contributed by atoms with Gasteiger partial charge in [0.05, 0.1) is 16.9 Å². The van der Waals surface area contributed by atoms with Crippen molar-refractivity contribution in [2.45, 2.75) is 0 Å². The number of amides is 3. The van der Waals surface area contributed by atoms with Gasteiger partial charge in [-0.25, -0.2) is 0 Å². The summed E-state index contributed by atoms with van der Waals surface area (Å²) in [7, 11) is 1.31.